The van der Waals surface area contributed by atoms with Crippen LogP contribution in [-0.4, -0.2) is 6.29 Å². The number of benzene rings is 2. The number of carbonyl (C=O) groups excluding carboxylic acids is 1. The summed E-state index contributed by atoms with van der Waals surface area (Å²) in [5.41, 5.74) is 0.711. The van der Waals surface area contributed by atoms with Gasteiger partial charge in [0.1, 0.15) is 11.6 Å². The zero-order valence-corrected chi connectivity index (χ0v) is 8.28. The minimum atomic E-state index is -0.751. The highest BCUT2D eigenvalue weighted by Crippen LogP contribution is 2.26. The molecule has 1 nitrogen and oxygen atoms in total. The molecule has 0 N–H and O–H groups in total. The minimum Gasteiger partial charge on any atom is -0.298 e. The van der Waals surface area contributed by atoms with E-state index in [2.05, 4.69) is 0 Å². The topological polar surface area (TPSA) is 17.1 Å². The molecule has 3 heteroatoms. The summed E-state index contributed by atoms with van der Waals surface area (Å²) in [6.45, 7) is 0. The molecule has 0 aliphatic heterocycles. The van der Waals surface area contributed by atoms with Gasteiger partial charge in [0.05, 0.1) is 0 Å². The van der Waals surface area contributed by atoms with Crippen LogP contribution in [0.3, 0.4) is 0 Å². The highest BCUT2D eigenvalue weighted by atomic mass is 19.1. The van der Waals surface area contributed by atoms with Crippen LogP contribution in [0, 0.1) is 11.6 Å². The lowest BCUT2D eigenvalue weighted by molar-refractivity contribution is 0.112. The van der Waals surface area contributed by atoms with Crippen molar-refractivity contribution in [1.82, 2.24) is 0 Å². The molecule has 0 unspecified atom stereocenters. The third-order valence-corrected chi connectivity index (χ3v) is 2.27. The van der Waals surface area contributed by atoms with Crippen LogP contribution in [0.15, 0.2) is 42.5 Å². The summed E-state index contributed by atoms with van der Waals surface area (Å²) < 4.78 is 26.5. The predicted octanol–water partition coefficient (Wildman–Crippen LogP) is 3.44. The second kappa shape index (κ2) is 4.23. The summed E-state index contributed by atoms with van der Waals surface area (Å²) in [5.74, 6) is -1.48. The summed E-state index contributed by atoms with van der Waals surface area (Å²) in [6.07, 6.45) is 0.453. The third-order valence-electron chi connectivity index (χ3n) is 2.27. The van der Waals surface area contributed by atoms with Crippen molar-refractivity contribution in [3.05, 3.63) is 59.7 Å². The number of hydrogen-bond acceptors (Lipinski definition) is 1. The van der Waals surface area contributed by atoms with Crippen molar-refractivity contribution in [2.24, 2.45) is 0 Å². The number of rotatable bonds is 2. The first-order chi connectivity index (χ1) is 7.72. The van der Waals surface area contributed by atoms with Gasteiger partial charge in [-0.2, -0.15) is 0 Å². The van der Waals surface area contributed by atoms with Crippen LogP contribution in [0.4, 0.5) is 8.78 Å². The molecule has 2 aromatic rings. The molecule has 0 aliphatic rings. The predicted molar refractivity (Wildman–Crippen MR) is 57.2 cm³/mol. The van der Waals surface area contributed by atoms with Gasteiger partial charge in [-0.15, -0.1) is 0 Å². The van der Waals surface area contributed by atoms with E-state index in [-0.39, 0.29) is 11.1 Å². The Morgan fingerprint density at radius 2 is 1.69 bits per heavy atom. The first kappa shape index (κ1) is 10.5. The Morgan fingerprint density at radius 3 is 2.31 bits per heavy atom. The van der Waals surface area contributed by atoms with Gasteiger partial charge in [0.2, 0.25) is 0 Å². The molecule has 0 fully saturated rings. The van der Waals surface area contributed by atoms with E-state index >= 15 is 0 Å². The van der Waals surface area contributed by atoms with E-state index < -0.39 is 11.6 Å². The van der Waals surface area contributed by atoms with Gasteiger partial charge in [-0.25, -0.2) is 8.78 Å². The van der Waals surface area contributed by atoms with Gasteiger partial charge >= 0.3 is 0 Å². The Labute approximate surface area is 91.3 Å². The van der Waals surface area contributed by atoms with Crippen molar-refractivity contribution in [3.8, 4) is 11.1 Å². The molecule has 0 bridgehead atoms. The maximum absolute atomic E-state index is 13.6. The van der Waals surface area contributed by atoms with E-state index in [9.17, 15) is 13.6 Å². The average Bonchev–Trinajstić information content (AvgIpc) is 2.29. The fourth-order valence-corrected chi connectivity index (χ4v) is 1.60. The van der Waals surface area contributed by atoms with Gasteiger partial charge in [-0.05, 0) is 11.6 Å². The lowest BCUT2D eigenvalue weighted by Gasteiger charge is -2.06. The molecule has 80 valence electrons. The fraction of sp³-hybridized carbons (Fsp3) is 0. The largest absolute Gasteiger partial charge is 0.298 e. The molecule has 0 radical (unpaired) electrons. The summed E-state index contributed by atoms with van der Waals surface area (Å²) >= 11 is 0. The monoisotopic (exact) mass is 218 g/mol. The maximum Gasteiger partial charge on any atom is 0.150 e. The molecule has 0 heterocycles. The quantitative estimate of drug-likeness (QED) is 0.705. The Kier molecular flexibility index (Phi) is 2.77. The van der Waals surface area contributed by atoms with E-state index in [1.54, 1.807) is 30.3 Å². The van der Waals surface area contributed by atoms with E-state index in [1.165, 1.54) is 0 Å². The second-order valence-corrected chi connectivity index (χ2v) is 3.34. The lowest BCUT2D eigenvalue weighted by atomic mass is 10.00. The Bertz CT molecular complexity index is 521. The molecule has 0 spiro atoms. The van der Waals surface area contributed by atoms with E-state index in [0.29, 0.717) is 11.8 Å². The highest BCUT2D eigenvalue weighted by molar-refractivity contribution is 5.87. The van der Waals surface area contributed by atoms with Crippen LogP contribution >= 0.6 is 0 Å². The zero-order chi connectivity index (χ0) is 11.5. The standard InChI is InChI=1S/C13H8F2O/c14-11-6-10(8-16)13(12(15)7-11)9-4-2-1-3-5-9/h1-8H. The smallest absolute Gasteiger partial charge is 0.150 e. The van der Waals surface area contributed by atoms with Gasteiger partial charge in [-0.3, -0.25) is 4.79 Å². The molecule has 0 aromatic heterocycles. The van der Waals surface area contributed by atoms with Crippen LogP contribution < -0.4 is 0 Å². The molecule has 2 rings (SSSR count). The second-order valence-electron chi connectivity index (χ2n) is 3.34. The summed E-state index contributed by atoms with van der Waals surface area (Å²) in [7, 11) is 0. The van der Waals surface area contributed by atoms with Crippen molar-refractivity contribution >= 4 is 6.29 Å². The molecule has 0 aliphatic carbocycles. The van der Waals surface area contributed by atoms with Crippen LogP contribution in [-0.2, 0) is 0 Å². The van der Waals surface area contributed by atoms with Crippen LogP contribution in [0.2, 0.25) is 0 Å². The van der Waals surface area contributed by atoms with E-state index in [0.717, 1.165) is 12.1 Å². The van der Waals surface area contributed by atoms with Crippen LogP contribution in [0.5, 0.6) is 0 Å². The fourth-order valence-electron chi connectivity index (χ4n) is 1.60. The molecule has 16 heavy (non-hydrogen) atoms. The average molecular weight is 218 g/mol. The van der Waals surface area contributed by atoms with Crippen molar-refractivity contribution < 1.29 is 13.6 Å². The third kappa shape index (κ3) is 1.84. The SMILES string of the molecule is O=Cc1cc(F)cc(F)c1-c1ccccc1. The number of halogens is 2. The zero-order valence-electron chi connectivity index (χ0n) is 8.28. The van der Waals surface area contributed by atoms with Crippen molar-refractivity contribution in [3.63, 3.8) is 0 Å². The molecular weight excluding hydrogens is 210 g/mol. The first-order valence-electron chi connectivity index (χ1n) is 4.72. The van der Waals surface area contributed by atoms with Crippen molar-refractivity contribution in [2.75, 3.05) is 0 Å². The van der Waals surface area contributed by atoms with E-state index in [4.69, 9.17) is 0 Å². The number of aldehydes is 1. The van der Waals surface area contributed by atoms with Crippen molar-refractivity contribution in [2.45, 2.75) is 0 Å². The molecule has 0 atom stereocenters. The van der Waals surface area contributed by atoms with Crippen molar-refractivity contribution in [1.29, 1.82) is 0 Å². The Hall–Kier alpha value is -2.03. The van der Waals surface area contributed by atoms with Gasteiger partial charge in [0.15, 0.2) is 6.29 Å². The van der Waals surface area contributed by atoms with Gasteiger partial charge in [0, 0.05) is 17.2 Å². The first-order valence-corrected chi connectivity index (χ1v) is 4.72. The van der Waals surface area contributed by atoms with Crippen LogP contribution in [0.1, 0.15) is 10.4 Å². The normalized spacial score (nSPS) is 10.1. The number of hydrogen-bond donors (Lipinski definition) is 0. The lowest BCUT2D eigenvalue weighted by Crippen LogP contribution is -1.94. The van der Waals surface area contributed by atoms with Gasteiger partial charge < -0.3 is 0 Å². The Morgan fingerprint density at radius 1 is 1.00 bits per heavy atom. The number of carbonyl (C=O) groups is 1. The summed E-state index contributed by atoms with van der Waals surface area (Å²) in [5, 5.41) is 0. The molecule has 0 amide bonds. The molecular formula is C13H8F2O. The summed E-state index contributed by atoms with van der Waals surface area (Å²) in [6, 6.07) is 10.4. The Balaban J connectivity index is 2.69. The summed E-state index contributed by atoms with van der Waals surface area (Å²) in [4.78, 5) is 10.8. The maximum atomic E-state index is 13.6. The molecule has 2 aromatic carbocycles. The molecule has 0 saturated carbocycles. The molecule has 0 saturated heterocycles. The van der Waals surface area contributed by atoms with Gasteiger partial charge in [0.25, 0.3) is 0 Å². The van der Waals surface area contributed by atoms with E-state index in [1.807, 2.05) is 0 Å². The van der Waals surface area contributed by atoms with Crippen LogP contribution in [0.25, 0.3) is 11.1 Å². The highest BCUT2D eigenvalue weighted by Gasteiger charge is 2.12. The minimum absolute atomic E-state index is 0.0173. The van der Waals surface area contributed by atoms with Gasteiger partial charge in [-0.1, -0.05) is 30.3 Å².